The number of aromatic nitrogens is 2. The Labute approximate surface area is 107 Å². The molecule has 4 nitrogen and oxygen atoms in total. The fourth-order valence-electron chi connectivity index (χ4n) is 2.23. The summed E-state index contributed by atoms with van der Waals surface area (Å²) in [7, 11) is 5.97. The zero-order valence-corrected chi connectivity index (χ0v) is 11.3. The normalized spacial score (nSPS) is 13.2. The summed E-state index contributed by atoms with van der Waals surface area (Å²) in [5.74, 6) is 0.204. The highest BCUT2D eigenvalue weighted by molar-refractivity contribution is 5.78. The molecular formula is C14H19N3O. The topological polar surface area (TPSA) is 38.1 Å². The minimum Gasteiger partial charge on any atom is -0.334 e. The summed E-state index contributed by atoms with van der Waals surface area (Å²) in [6.45, 7) is 1.63. The Morgan fingerprint density at radius 3 is 2.78 bits per heavy atom. The Balaban J connectivity index is 2.41. The second-order valence-electron chi connectivity index (χ2n) is 4.99. The molecule has 0 saturated carbocycles. The van der Waals surface area contributed by atoms with E-state index in [1.807, 2.05) is 32.0 Å². The number of benzene rings is 1. The van der Waals surface area contributed by atoms with Crippen LogP contribution in [0.3, 0.4) is 0 Å². The summed E-state index contributed by atoms with van der Waals surface area (Å²) in [5.41, 5.74) is 3.23. The van der Waals surface area contributed by atoms with E-state index in [-0.39, 0.29) is 11.8 Å². The second-order valence-corrected chi connectivity index (χ2v) is 4.99. The number of carbonyl (C=O) groups is 1. The number of carbonyl (C=O) groups excluding carboxylic acids is 1. The van der Waals surface area contributed by atoms with Gasteiger partial charge in [0.25, 0.3) is 0 Å². The van der Waals surface area contributed by atoms with Gasteiger partial charge in [-0.15, -0.1) is 0 Å². The average molecular weight is 245 g/mol. The maximum absolute atomic E-state index is 11.4. The number of aryl methyl sites for hydroxylation is 1. The molecule has 0 spiro atoms. The molecule has 1 atom stereocenters. The molecule has 0 N–H and O–H groups in total. The zero-order valence-electron chi connectivity index (χ0n) is 11.3. The predicted octanol–water partition coefficient (Wildman–Crippen LogP) is 2.16. The third kappa shape index (κ3) is 2.43. The highest BCUT2D eigenvalue weighted by Gasteiger charge is 2.17. The maximum Gasteiger partial charge on any atom is 0.131 e. The van der Waals surface area contributed by atoms with Crippen molar-refractivity contribution in [3.8, 4) is 0 Å². The van der Waals surface area contributed by atoms with Crippen molar-refractivity contribution >= 4 is 16.8 Å². The Kier molecular flexibility index (Phi) is 3.48. The molecule has 2 rings (SSSR count). The lowest BCUT2D eigenvalue weighted by atomic mass is 10.0. The van der Waals surface area contributed by atoms with E-state index in [0.29, 0.717) is 6.42 Å². The SMILES string of the molecule is CC(=O)CC(c1ccc2c(c1)ncn2C)N(C)C. The van der Waals surface area contributed by atoms with Gasteiger partial charge < -0.3 is 9.47 Å². The van der Waals surface area contributed by atoms with Crippen LogP contribution in [0.4, 0.5) is 0 Å². The van der Waals surface area contributed by atoms with Crippen LogP contribution >= 0.6 is 0 Å². The van der Waals surface area contributed by atoms with Crippen LogP contribution in [0.15, 0.2) is 24.5 Å². The molecule has 1 aromatic heterocycles. The first-order valence-electron chi connectivity index (χ1n) is 6.06. The molecule has 4 heteroatoms. The van der Waals surface area contributed by atoms with E-state index in [1.165, 1.54) is 0 Å². The second kappa shape index (κ2) is 4.90. The van der Waals surface area contributed by atoms with Crippen molar-refractivity contribution in [1.82, 2.24) is 14.5 Å². The first kappa shape index (κ1) is 12.8. The van der Waals surface area contributed by atoms with Gasteiger partial charge in [0, 0.05) is 19.5 Å². The molecule has 0 bridgehead atoms. The fraction of sp³-hybridized carbons (Fsp3) is 0.429. The molecule has 0 fully saturated rings. The van der Waals surface area contributed by atoms with E-state index in [1.54, 1.807) is 6.92 Å². The van der Waals surface area contributed by atoms with Gasteiger partial charge in [-0.2, -0.15) is 0 Å². The largest absolute Gasteiger partial charge is 0.334 e. The van der Waals surface area contributed by atoms with Gasteiger partial charge in [0.15, 0.2) is 0 Å². The maximum atomic E-state index is 11.4. The average Bonchev–Trinajstić information content (AvgIpc) is 2.67. The van der Waals surface area contributed by atoms with Crippen molar-refractivity contribution < 1.29 is 4.79 Å². The number of fused-ring (bicyclic) bond motifs is 1. The third-order valence-corrected chi connectivity index (χ3v) is 3.24. The van der Waals surface area contributed by atoms with Crippen LogP contribution in [0.1, 0.15) is 24.9 Å². The molecule has 96 valence electrons. The molecule has 0 saturated heterocycles. The molecule has 0 aliphatic rings. The number of hydrogen-bond donors (Lipinski definition) is 0. The monoisotopic (exact) mass is 245 g/mol. The molecule has 0 radical (unpaired) electrons. The van der Waals surface area contributed by atoms with Crippen LogP contribution < -0.4 is 0 Å². The van der Waals surface area contributed by atoms with Gasteiger partial charge in [0.2, 0.25) is 0 Å². The first-order valence-corrected chi connectivity index (χ1v) is 6.06. The molecule has 0 aliphatic carbocycles. The van der Waals surface area contributed by atoms with Gasteiger partial charge in [-0.3, -0.25) is 4.79 Å². The summed E-state index contributed by atoms with van der Waals surface area (Å²) >= 11 is 0. The first-order chi connectivity index (χ1) is 8.49. The Bertz CT molecular complexity index is 571. The number of Topliss-reactive ketones (excluding diaryl/α,β-unsaturated/α-hetero) is 1. The molecule has 18 heavy (non-hydrogen) atoms. The van der Waals surface area contributed by atoms with Gasteiger partial charge in [0.1, 0.15) is 5.78 Å². The number of imidazole rings is 1. The predicted molar refractivity (Wildman–Crippen MR) is 72.4 cm³/mol. The summed E-state index contributed by atoms with van der Waals surface area (Å²) in [5, 5.41) is 0. The highest BCUT2D eigenvalue weighted by Crippen LogP contribution is 2.25. The van der Waals surface area contributed by atoms with E-state index < -0.39 is 0 Å². The van der Waals surface area contributed by atoms with Gasteiger partial charge >= 0.3 is 0 Å². The van der Waals surface area contributed by atoms with Crippen molar-refractivity contribution in [2.24, 2.45) is 7.05 Å². The van der Waals surface area contributed by atoms with Crippen molar-refractivity contribution in [3.63, 3.8) is 0 Å². The van der Waals surface area contributed by atoms with Crippen molar-refractivity contribution in [2.45, 2.75) is 19.4 Å². The number of nitrogens with zero attached hydrogens (tertiary/aromatic N) is 3. The molecule has 0 amide bonds. The summed E-state index contributed by atoms with van der Waals surface area (Å²) in [6.07, 6.45) is 2.34. The van der Waals surface area contributed by atoms with Crippen LogP contribution in [0, 0.1) is 0 Å². The lowest BCUT2D eigenvalue weighted by molar-refractivity contribution is -0.118. The molecule has 1 unspecified atom stereocenters. The summed E-state index contributed by atoms with van der Waals surface area (Å²) in [4.78, 5) is 17.8. The molecule has 0 aliphatic heterocycles. The highest BCUT2D eigenvalue weighted by atomic mass is 16.1. The van der Waals surface area contributed by atoms with Crippen LogP contribution in [-0.2, 0) is 11.8 Å². The minimum absolute atomic E-state index is 0.119. The van der Waals surface area contributed by atoms with Gasteiger partial charge in [0.05, 0.1) is 17.4 Å². The quantitative estimate of drug-likeness (QED) is 0.828. The third-order valence-electron chi connectivity index (χ3n) is 3.24. The van der Waals surface area contributed by atoms with Crippen molar-refractivity contribution in [2.75, 3.05) is 14.1 Å². The molecular weight excluding hydrogens is 226 g/mol. The van der Waals surface area contributed by atoms with Crippen LogP contribution in [0.5, 0.6) is 0 Å². The summed E-state index contributed by atoms with van der Waals surface area (Å²) < 4.78 is 1.99. The van der Waals surface area contributed by atoms with Gasteiger partial charge in [-0.25, -0.2) is 4.98 Å². The zero-order chi connectivity index (χ0) is 13.3. The lowest BCUT2D eigenvalue weighted by Crippen LogP contribution is -2.22. The Morgan fingerprint density at radius 1 is 1.44 bits per heavy atom. The molecule has 1 heterocycles. The number of hydrogen-bond acceptors (Lipinski definition) is 3. The van der Waals surface area contributed by atoms with Gasteiger partial charge in [-0.1, -0.05) is 6.07 Å². The summed E-state index contributed by atoms with van der Waals surface area (Å²) in [6, 6.07) is 6.34. The number of rotatable bonds is 4. The molecule has 1 aromatic carbocycles. The van der Waals surface area contributed by atoms with E-state index >= 15 is 0 Å². The standard InChI is InChI=1S/C14H19N3O/c1-10(18)7-14(16(2)3)11-5-6-13-12(8-11)15-9-17(13)4/h5-6,8-9,14H,7H2,1-4H3. The Morgan fingerprint density at radius 2 is 2.17 bits per heavy atom. The Hall–Kier alpha value is -1.68. The van der Waals surface area contributed by atoms with Crippen LogP contribution in [0.2, 0.25) is 0 Å². The van der Waals surface area contributed by atoms with Gasteiger partial charge in [-0.05, 0) is 38.7 Å². The van der Waals surface area contributed by atoms with Crippen molar-refractivity contribution in [3.05, 3.63) is 30.1 Å². The van der Waals surface area contributed by atoms with Crippen molar-refractivity contribution in [1.29, 1.82) is 0 Å². The van der Waals surface area contributed by atoms with E-state index in [4.69, 9.17) is 0 Å². The van der Waals surface area contributed by atoms with E-state index in [0.717, 1.165) is 16.6 Å². The molecule has 2 aromatic rings. The smallest absolute Gasteiger partial charge is 0.131 e. The fourth-order valence-corrected chi connectivity index (χ4v) is 2.23. The van der Waals surface area contributed by atoms with Crippen LogP contribution in [0.25, 0.3) is 11.0 Å². The van der Waals surface area contributed by atoms with Crippen LogP contribution in [-0.4, -0.2) is 34.3 Å². The minimum atomic E-state index is 0.119. The van der Waals surface area contributed by atoms with E-state index in [9.17, 15) is 4.79 Å². The lowest BCUT2D eigenvalue weighted by Gasteiger charge is -2.23. The number of ketones is 1. The van der Waals surface area contributed by atoms with E-state index in [2.05, 4.69) is 28.1 Å².